The van der Waals surface area contributed by atoms with Gasteiger partial charge in [-0.3, -0.25) is 0 Å². The van der Waals surface area contributed by atoms with Gasteiger partial charge in [0.15, 0.2) is 0 Å². The number of halogens is 1. The first-order valence-corrected chi connectivity index (χ1v) is 8.62. The topological polar surface area (TPSA) is 72.8 Å². The summed E-state index contributed by atoms with van der Waals surface area (Å²) in [5.41, 5.74) is 1.66. The largest absolute Gasteiger partial charge is 0.489 e. The van der Waals surface area contributed by atoms with E-state index in [1.807, 2.05) is 6.92 Å². The van der Waals surface area contributed by atoms with Crippen molar-refractivity contribution in [1.29, 1.82) is 0 Å². The molecule has 0 heterocycles. The number of hydrogen-bond acceptors (Lipinski definition) is 4. The van der Waals surface area contributed by atoms with Gasteiger partial charge in [0.25, 0.3) is 0 Å². The van der Waals surface area contributed by atoms with Crippen molar-refractivity contribution < 1.29 is 28.6 Å². The van der Waals surface area contributed by atoms with E-state index in [0.717, 1.165) is 29.7 Å². The molecule has 0 saturated heterocycles. The Bertz CT molecular complexity index is 780. The molecule has 2 rings (SSSR count). The summed E-state index contributed by atoms with van der Waals surface area (Å²) in [5.74, 6) is -0.932. The average molecular weight is 386 g/mol. The van der Waals surface area contributed by atoms with Crippen LogP contribution in [0, 0.1) is 5.82 Å². The minimum atomic E-state index is -0.985. The molecule has 0 aliphatic heterocycles. The number of aliphatic carboxylic acids is 1. The van der Waals surface area contributed by atoms with E-state index in [1.165, 1.54) is 18.2 Å². The Morgan fingerprint density at radius 3 is 2.29 bits per heavy atom. The fourth-order valence-corrected chi connectivity index (χ4v) is 1.85. The standard InChI is InChI=1S/C16H13FO3.C6H10O2/c17-14-6-1-13(2-7-14)11-20-15-8-3-12(4-9-15)5-10-16(18)19;1-3-5-8-6(7)4-2/h1-10H,11H2,(H,18,19);4H,2-3,5H2,1H3. The summed E-state index contributed by atoms with van der Waals surface area (Å²) in [6, 6.07) is 13.1. The van der Waals surface area contributed by atoms with Crippen LogP contribution >= 0.6 is 0 Å². The summed E-state index contributed by atoms with van der Waals surface area (Å²) in [7, 11) is 0. The van der Waals surface area contributed by atoms with Crippen molar-refractivity contribution in [1.82, 2.24) is 0 Å². The second-order valence-electron chi connectivity index (χ2n) is 5.53. The Labute approximate surface area is 163 Å². The zero-order chi connectivity index (χ0) is 20.8. The van der Waals surface area contributed by atoms with E-state index in [1.54, 1.807) is 36.4 Å². The molecule has 2 aromatic rings. The van der Waals surface area contributed by atoms with Gasteiger partial charge >= 0.3 is 11.9 Å². The van der Waals surface area contributed by atoms with E-state index in [2.05, 4.69) is 11.3 Å². The summed E-state index contributed by atoms with van der Waals surface area (Å²) in [5, 5.41) is 8.52. The molecule has 0 fully saturated rings. The SMILES string of the molecule is C=CC(=O)OCCC.O=C(O)C=Cc1ccc(OCc2ccc(F)cc2)cc1. The second kappa shape index (κ2) is 12.9. The van der Waals surface area contributed by atoms with Crippen LogP contribution in [0.1, 0.15) is 24.5 Å². The first-order chi connectivity index (χ1) is 13.4. The van der Waals surface area contributed by atoms with Gasteiger partial charge in [-0.05, 0) is 47.9 Å². The summed E-state index contributed by atoms with van der Waals surface area (Å²) in [6.45, 7) is 6.02. The van der Waals surface area contributed by atoms with Crippen LogP contribution in [0.15, 0.2) is 67.3 Å². The highest BCUT2D eigenvalue weighted by Gasteiger charge is 1.97. The van der Waals surface area contributed by atoms with Gasteiger partial charge in [0, 0.05) is 12.2 Å². The Hall–Kier alpha value is -3.41. The van der Waals surface area contributed by atoms with Crippen molar-refractivity contribution in [3.63, 3.8) is 0 Å². The molecule has 2 aromatic carbocycles. The number of carboxylic acids is 1. The summed E-state index contributed by atoms with van der Waals surface area (Å²) in [6.07, 6.45) is 4.61. The summed E-state index contributed by atoms with van der Waals surface area (Å²) < 4.78 is 22.9. The van der Waals surface area contributed by atoms with Crippen molar-refractivity contribution in [2.45, 2.75) is 20.0 Å². The van der Waals surface area contributed by atoms with Crippen LogP contribution in [0.5, 0.6) is 5.75 Å². The zero-order valence-corrected chi connectivity index (χ0v) is 15.6. The van der Waals surface area contributed by atoms with Gasteiger partial charge in [-0.1, -0.05) is 37.8 Å². The van der Waals surface area contributed by atoms with Crippen LogP contribution in [-0.2, 0) is 20.9 Å². The molecular weight excluding hydrogens is 363 g/mol. The number of hydrogen-bond donors (Lipinski definition) is 1. The lowest BCUT2D eigenvalue weighted by molar-refractivity contribution is -0.137. The normalized spacial score (nSPS) is 9.93. The minimum absolute atomic E-state index is 0.275. The van der Waals surface area contributed by atoms with Crippen LogP contribution in [0.25, 0.3) is 6.08 Å². The van der Waals surface area contributed by atoms with Crippen molar-refractivity contribution in [2.75, 3.05) is 6.61 Å². The van der Waals surface area contributed by atoms with E-state index in [4.69, 9.17) is 9.84 Å². The molecule has 5 nitrogen and oxygen atoms in total. The molecule has 0 aliphatic rings. The van der Waals surface area contributed by atoms with Gasteiger partial charge in [-0.15, -0.1) is 0 Å². The third-order valence-corrected chi connectivity index (χ3v) is 3.23. The number of carbonyl (C=O) groups is 2. The zero-order valence-electron chi connectivity index (χ0n) is 15.6. The monoisotopic (exact) mass is 386 g/mol. The Kier molecular flexibility index (Phi) is 10.4. The minimum Gasteiger partial charge on any atom is -0.489 e. The molecule has 0 bridgehead atoms. The molecule has 0 unspecified atom stereocenters. The first kappa shape index (κ1) is 22.6. The molecule has 0 aliphatic carbocycles. The molecule has 0 amide bonds. The van der Waals surface area contributed by atoms with Gasteiger partial charge in [0.05, 0.1) is 6.61 Å². The predicted molar refractivity (Wildman–Crippen MR) is 105 cm³/mol. The van der Waals surface area contributed by atoms with Gasteiger partial charge in [0.2, 0.25) is 0 Å². The van der Waals surface area contributed by atoms with E-state index >= 15 is 0 Å². The Morgan fingerprint density at radius 1 is 1.11 bits per heavy atom. The van der Waals surface area contributed by atoms with Crippen LogP contribution < -0.4 is 4.74 Å². The maximum absolute atomic E-state index is 12.7. The quantitative estimate of drug-likeness (QED) is 0.529. The first-order valence-electron chi connectivity index (χ1n) is 8.62. The molecule has 28 heavy (non-hydrogen) atoms. The lowest BCUT2D eigenvalue weighted by Gasteiger charge is -2.06. The number of rotatable bonds is 8. The van der Waals surface area contributed by atoms with Crippen LogP contribution in [0.2, 0.25) is 0 Å². The molecule has 6 heteroatoms. The number of esters is 1. The maximum Gasteiger partial charge on any atom is 0.330 e. The molecule has 0 atom stereocenters. The highest BCUT2D eigenvalue weighted by Crippen LogP contribution is 2.15. The molecule has 0 spiro atoms. The number of ether oxygens (including phenoxy) is 2. The predicted octanol–water partition coefficient (Wildman–Crippen LogP) is 4.63. The smallest absolute Gasteiger partial charge is 0.330 e. The third kappa shape index (κ3) is 9.91. The van der Waals surface area contributed by atoms with Gasteiger partial charge in [0.1, 0.15) is 18.2 Å². The maximum atomic E-state index is 12.7. The summed E-state index contributed by atoms with van der Waals surface area (Å²) >= 11 is 0. The van der Waals surface area contributed by atoms with E-state index in [9.17, 15) is 14.0 Å². The Balaban J connectivity index is 0.000000416. The van der Waals surface area contributed by atoms with Gasteiger partial charge in [-0.25, -0.2) is 14.0 Å². The van der Waals surface area contributed by atoms with Crippen molar-refractivity contribution in [2.24, 2.45) is 0 Å². The van der Waals surface area contributed by atoms with E-state index in [-0.39, 0.29) is 11.8 Å². The second-order valence-corrected chi connectivity index (χ2v) is 5.53. The number of carboxylic acid groups (broad SMARTS) is 1. The molecule has 1 N–H and O–H groups in total. The molecular formula is C22H23FO5. The van der Waals surface area contributed by atoms with Crippen LogP contribution in [0.4, 0.5) is 4.39 Å². The van der Waals surface area contributed by atoms with E-state index < -0.39 is 5.97 Å². The number of benzene rings is 2. The van der Waals surface area contributed by atoms with Crippen molar-refractivity contribution in [3.8, 4) is 5.75 Å². The highest BCUT2D eigenvalue weighted by molar-refractivity contribution is 5.85. The van der Waals surface area contributed by atoms with Crippen LogP contribution in [-0.4, -0.2) is 23.7 Å². The summed E-state index contributed by atoms with van der Waals surface area (Å²) in [4.78, 5) is 20.6. The van der Waals surface area contributed by atoms with Crippen molar-refractivity contribution >= 4 is 18.0 Å². The Morgan fingerprint density at radius 2 is 1.75 bits per heavy atom. The van der Waals surface area contributed by atoms with Crippen molar-refractivity contribution in [3.05, 3.63) is 84.2 Å². The van der Waals surface area contributed by atoms with E-state index in [0.29, 0.717) is 19.0 Å². The lowest BCUT2D eigenvalue weighted by atomic mass is 10.2. The highest BCUT2D eigenvalue weighted by atomic mass is 19.1. The fraction of sp³-hybridized carbons (Fsp3) is 0.182. The van der Waals surface area contributed by atoms with Gasteiger partial charge in [-0.2, -0.15) is 0 Å². The fourth-order valence-electron chi connectivity index (χ4n) is 1.85. The molecule has 0 aromatic heterocycles. The molecule has 148 valence electrons. The number of carbonyl (C=O) groups excluding carboxylic acids is 1. The van der Waals surface area contributed by atoms with Gasteiger partial charge < -0.3 is 14.6 Å². The lowest BCUT2D eigenvalue weighted by Crippen LogP contribution is -1.99. The third-order valence-electron chi connectivity index (χ3n) is 3.23. The van der Waals surface area contributed by atoms with Crippen LogP contribution in [0.3, 0.4) is 0 Å². The molecule has 0 radical (unpaired) electrons. The average Bonchev–Trinajstić information content (AvgIpc) is 2.71. The molecule has 0 saturated carbocycles.